The zero-order valence-corrected chi connectivity index (χ0v) is 10.7. The van der Waals surface area contributed by atoms with Gasteiger partial charge in [-0.3, -0.25) is 0 Å². The number of rotatable bonds is 6. The van der Waals surface area contributed by atoms with Crippen molar-refractivity contribution in [3.8, 4) is 0 Å². The van der Waals surface area contributed by atoms with Crippen LogP contribution in [0.5, 0.6) is 0 Å². The average molecular weight is 246 g/mol. The normalized spacial score (nSPS) is 12.2. The van der Waals surface area contributed by atoms with Gasteiger partial charge in [-0.05, 0) is 12.5 Å². The van der Waals surface area contributed by atoms with E-state index in [1.807, 2.05) is 0 Å². The second-order valence-electron chi connectivity index (χ2n) is 4.32. The number of sulfone groups is 1. The van der Waals surface area contributed by atoms with Gasteiger partial charge in [-0.25, -0.2) is 13.4 Å². The van der Waals surface area contributed by atoms with Crippen LogP contribution in [0.25, 0.3) is 0 Å². The highest BCUT2D eigenvalue weighted by atomic mass is 32.2. The first kappa shape index (κ1) is 13.2. The summed E-state index contributed by atoms with van der Waals surface area (Å²) in [4.78, 5) is 4.00. The number of nitrogens with one attached hydrogen (secondary N) is 1. The molecule has 0 aromatic carbocycles. The topological polar surface area (TPSA) is 72.2 Å². The molecule has 0 atom stereocenters. The van der Waals surface area contributed by atoms with Gasteiger partial charge in [0.1, 0.15) is 11.5 Å². The molecule has 1 aromatic rings. The van der Waals surface area contributed by atoms with E-state index in [1.54, 1.807) is 0 Å². The summed E-state index contributed by atoms with van der Waals surface area (Å²) in [7, 11) is -3.07. The Morgan fingerprint density at radius 1 is 1.50 bits per heavy atom. The zero-order valence-electron chi connectivity index (χ0n) is 9.86. The van der Waals surface area contributed by atoms with Gasteiger partial charge in [0.2, 0.25) is 0 Å². The third kappa shape index (κ3) is 4.76. The van der Waals surface area contributed by atoms with E-state index in [4.69, 9.17) is 4.42 Å². The predicted molar refractivity (Wildman–Crippen MR) is 61.6 cm³/mol. The maximum Gasteiger partial charge on any atom is 0.181 e. The lowest BCUT2D eigenvalue weighted by molar-refractivity contribution is 0.506. The molecule has 1 heterocycles. The standard InChI is InChI=1S/C10H18N2O3S/c1-8(2)4-11-5-9-10(15-7-12-9)6-16(3,13)14/h7-8,11H,4-6H2,1-3H3. The van der Waals surface area contributed by atoms with Crippen molar-refractivity contribution in [3.05, 3.63) is 17.8 Å². The molecule has 5 nitrogen and oxygen atoms in total. The molecular formula is C10H18N2O3S. The second-order valence-corrected chi connectivity index (χ2v) is 6.46. The SMILES string of the molecule is CC(C)CNCc1ncoc1CS(C)(=O)=O. The van der Waals surface area contributed by atoms with Crippen LogP contribution in [-0.2, 0) is 22.1 Å². The molecule has 1 aromatic heterocycles. The summed E-state index contributed by atoms with van der Waals surface area (Å²) in [5.41, 5.74) is 0.672. The van der Waals surface area contributed by atoms with Crippen LogP contribution in [0.1, 0.15) is 25.3 Å². The highest BCUT2D eigenvalue weighted by Crippen LogP contribution is 2.10. The van der Waals surface area contributed by atoms with Crippen LogP contribution >= 0.6 is 0 Å². The highest BCUT2D eigenvalue weighted by molar-refractivity contribution is 7.89. The minimum Gasteiger partial charge on any atom is -0.447 e. The van der Waals surface area contributed by atoms with Crippen LogP contribution in [0.4, 0.5) is 0 Å². The highest BCUT2D eigenvalue weighted by Gasteiger charge is 2.13. The summed E-state index contributed by atoms with van der Waals surface area (Å²) in [5, 5.41) is 3.20. The molecule has 0 saturated carbocycles. The van der Waals surface area contributed by atoms with E-state index in [2.05, 4.69) is 24.1 Å². The molecule has 1 N–H and O–H groups in total. The average Bonchev–Trinajstić information content (AvgIpc) is 2.49. The summed E-state index contributed by atoms with van der Waals surface area (Å²) in [6.07, 6.45) is 2.47. The Bertz CT molecular complexity index is 423. The molecule has 0 aliphatic carbocycles. The van der Waals surface area contributed by atoms with Gasteiger partial charge in [-0.2, -0.15) is 0 Å². The first-order valence-electron chi connectivity index (χ1n) is 5.18. The molecule has 16 heavy (non-hydrogen) atoms. The van der Waals surface area contributed by atoms with Gasteiger partial charge < -0.3 is 9.73 Å². The Kier molecular flexibility index (Phi) is 4.49. The van der Waals surface area contributed by atoms with E-state index >= 15 is 0 Å². The molecule has 92 valence electrons. The van der Waals surface area contributed by atoms with Crippen LogP contribution in [0.2, 0.25) is 0 Å². The Hall–Kier alpha value is -0.880. The molecule has 1 rings (SSSR count). The van der Waals surface area contributed by atoms with E-state index in [-0.39, 0.29) is 5.75 Å². The molecule has 0 spiro atoms. The smallest absolute Gasteiger partial charge is 0.181 e. The molecular weight excluding hydrogens is 228 g/mol. The Labute approximate surface area is 96.2 Å². The maximum absolute atomic E-state index is 11.1. The molecule has 0 saturated heterocycles. The Morgan fingerprint density at radius 3 is 2.75 bits per heavy atom. The Balaban J connectivity index is 2.57. The van der Waals surface area contributed by atoms with Crippen LogP contribution in [0.15, 0.2) is 10.8 Å². The van der Waals surface area contributed by atoms with Crippen LogP contribution < -0.4 is 5.32 Å². The molecule has 0 bridgehead atoms. The summed E-state index contributed by atoms with van der Waals surface area (Å²) in [6.45, 7) is 5.62. The number of hydrogen-bond donors (Lipinski definition) is 1. The van der Waals surface area contributed by atoms with Gasteiger partial charge in [0.05, 0.1) is 5.69 Å². The van der Waals surface area contributed by atoms with Crippen molar-refractivity contribution in [2.24, 2.45) is 5.92 Å². The van der Waals surface area contributed by atoms with Gasteiger partial charge in [-0.1, -0.05) is 13.8 Å². The second kappa shape index (κ2) is 5.45. The monoisotopic (exact) mass is 246 g/mol. The molecule has 0 amide bonds. The molecule has 0 radical (unpaired) electrons. The van der Waals surface area contributed by atoms with Crippen molar-refractivity contribution in [2.75, 3.05) is 12.8 Å². The predicted octanol–water partition coefficient (Wildman–Crippen LogP) is 0.965. The van der Waals surface area contributed by atoms with Crippen LogP contribution in [-0.4, -0.2) is 26.2 Å². The van der Waals surface area contributed by atoms with Crippen molar-refractivity contribution in [3.63, 3.8) is 0 Å². The Morgan fingerprint density at radius 2 is 2.19 bits per heavy atom. The van der Waals surface area contributed by atoms with Crippen molar-refractivity contribution in [1.29, 1.82) is 0 Å². The van der Waals surface area contributed by atoms with Crippen molar-refractivity contribution in [2.45, 2.75) is 26.1 Å². The number of oxazole rings is 1. The van der Waals surface area contributed by atoms with E-state index in [1.165, 1.54) is 12.6 Å². The summed E-state index contributed by atoms with van der Waals surface area (Å²) < 4.78 is 27.3. The molecule has 0 unspecified atom stereocenters. The summed E-state index contributed by atoms with van der Waals surface area (Å²) in [5.74, 6) is 0.884. The minimum atomic E-state index is -3.07. The fourth-order valence-corrected chi connectivity index (χ4v) is 1.98. The van der Waals surface area contributed by atoms with E-state index in [9.17, 15) is 8.42 Å². The number of hydrogen-bond acceptors (Lipinski definition) is 5. The quantitative estimate of drug-likeness (QED) is 0.809. The van der Waals surface area contributed by atoms with E-state index < -0.39 is 9.84 Å². The molecule has 0 aliphatic heterocycles. The van der Waals surface area contributed by atoms with Crippen molar-refractivity contribution in [1.82, 2.24) is 10.3 Å². The first-order chi connectivity index (χ1) is 7.38. The van der Waals surface area contributed by atoms with Crippen molar-refractivity contribution < 1.29 is 12.8 Å². The summed E-state index contributed by atoms with van der Waals surface area (Å²) in [6, 6.07) is 0. The number of nitrogens with zero attached hydrogens (tertiary/aromatic N) is 1. The van der Waals surface area contributed by atoms with Crippen molar-refractivity contribution >= 4 is 9.84 Å². The lowest BCUT2D eigenvalue weighted by Gasteiger charge is -2.06. The summed E-state index contributed by atoms with van der Waals surface area (Å²) >= 11 is 0. The first-order valence-corrected chi connectivity index (χ1v) is 7.24. The molecule has 0 aliphatic rings. The zero-order chi connectivity index (χ0) is 12.2. The third-order valence-corrected chi connectivity index (χ3v) is 2.75. The van der Waals surface area contributed by atoms with Gasteiger partial charge >= 0.3 is 0 Å². The largest absolute Gasteiger partial charge is 0.447 e. The molecule has 0 fully saturated rings. The van der Waals surface area contributed by atoms with Crippen LogP contribution in [0, 0.1) is 5.92 Å². The van der Waals surface area contributed by atoms with Gasteiger partial charge in [0, 0.05) is 12.8 Å². The van der Waals surface area contributed by atoms with Gasteiger partial charge in [0.15, 0.2) is 16.2 Å². The molecule has 6 heteroatoms. The lowest BCUT2D eigenvalue weighted by Crippen LogP contribution is -2.20. The van der Waals surface area contributed by atoms with Gasteiger partial charge in [-0.15, -0.1) is 0 Å². The van der Waals surface area contributed by atoms with E-state index in [0.29, 0.717) is 23.9 Å². The fourth-order valence-electron chi connectivity index (χ4n) is 1.27. The number of aromatic nitrogens is 1. The minimum absolute atomic E-state index is 0.0916. The van der Waals surface area contributed by atoms with Gasteiger partial charge in [0.25, 0.3) is 0 Å². The van der Waals surface area contributed by atoms with Crippen LogP contribution in [0.3, 0.4) is 0 Å². The fraction of sp³-hybridized carbons (Fsp3) is 0.700. The maximum atomic E-state index is 11.1. The van der Waals surface area contributed by atoms with E-state index in [0.717, 1.165) is 6.54 Å². The lowest BCUT2D eigenvalue weighted by atomic mass is 10.2. The third-order valence-electron chi connectivity index (χ3n) is 1.96.